The molecule has 5 amide bonds. The Kier molecular flexibility index (Phi) is 10.5. The summed E-state index contributed by atoms with van der Waals surface area (Å²) in [5.74, 6) is -1.54. The van der Waals surface area contributed by atoms with Crippen LogP contribution in [0.1, 0.15) is 91.0 Å². The van der Waals surface area contributed by atoms with Crippen LogP contribution >= 0.6 is 23.2 Å². The van der Waals surface area contributed by atoms with E-state index < -0.39 is 34.2 Å². The zero-order chi connectivity index (χ0) is 41.6. The zero-order valence-electron chi connectivity index (χ0n) is 32.2. The second kappa shape index (κ2) is 15.1. The fourth-order valence-corrected chi connectivity index (χ4v) is 7.53. The van der Waals surface area contributed by atoms with E-state index in [4.69, 9.17) is 27.9 Å². The zero-order valence-corrected chi connectivity index (χ0v) is 33.8. The molecule has 0 spiro atoms. The molecule has 2 aromatic heterocycles. The van der Waals surface area contributed by atoms with Crippen LogP contribution in [0.3, 0.4) is 0 Å². The van der Waals surface area contributed by atoms with Crippen molar-refractivity contribution in [2.45, 2.75) is 82.0 Å². The topological polar surface area (TPSA) is 200 Å². The molecule has 2 aromatic carbocycles. The number of carbonyl (C=O) groups excluding carboxylic acids is 5. The molecule has 4 N–H and O–H groups in total. The van der Waals surface area contributed by atoms with E-state index in [1.165, 1.54) is 17.3 Å². The first-order valence-electron chi connectivity index (χ1n) is 18.7. The molecule has 1 atom stereocenters. The number of ether oxygens (including phenoxy) is 1. The number of hydrogen-bond donors (Lipinski definition) is 4. The number of anilines is 2. The van der Waals surface area contributed by atoms with E-state index in [-0.39, 0.29) is 48.9 Å². The lowest BCUT2D eigenvalue weighted by Crippen LogP contribution is -2.52. The van der Waals surface area contributed by atoms with Gasteiger partial charge in [-0.3, -0.25) is 28.7 Å². The number of rotatable bonds is 12. The number of nitriles is 1. The Bertz CT molecular complexity index is 2340. The molecule has 2 saturated carbocycles. The number of aromatic nitrogens is 3. The van der Waals surface area contributed by atoms with E-state index in [1.807, 2.05) is 0 Å². The number of nitrogens with zero attached hydrogens (tertiary/aromatic N) is 5. The van der Waals surface area contributed by atoms with Crippen LogP contribution in [0.5, 0.6) is 0 Å². The second-order valence-electron chi connectivity index (χ2n) is 16.0. The number of fused-ring (bicyclic) bond motifs is 1. The van der Waals surface area contributed by atoms with Crippen LogP contribution in [0.2, 0.25) is 10.0 Å². The Hall–Kier alpha value is -5.98. The summed E-state index contributed by atoms with van der Waals surface area (Å²) in [7, 11) is 0. The third kappa shape index (κ3) is 8.07. The molecule has 15 nitrogen and oxygen atoms in total. The quantitative estimate of drug-likeness (QED) is 0.135. The number of amides is 5. The van der Waals surface area contributed by atoms with Crippen molar-refractivity contribution < 1.29 is 28.7 Å². The van der Waals surface area contributed by atoms with E-state index in [0.717, 1.165) is 5.56 Å². The molecule has 7 rings (SSSR count). The fraction of sp³-hybridized carbons (Fsp3) is 0.366. The van der Waals surface area contributed by atoms with Crippen molar-refractivity contribution in [2.75, 3.05) is 18.0 Å². The highest BCUT2D eigenvalue weighted by Gasteiger charge is 2.57. The summed E-state index contributed by atoms with van der Waals surface area (Å²) in [6.45, 7) is 7.34. The maximum absolute atomic E-state index is 14.4. The first-order valence-corrected chi connectivity index (χ1v) is 19.5. The summed E-state index contributed by atoms with van der Waals surface area (Å²) in [5.41, 5.74) is -1.40. The number of pyridine rings is 1. The lowest BCUT2D eigenvalue weighted by atomic mass is 9.91. The molecular formula is C41H41Cl2N9O6. The average Bonchev–Trinajstić information content (AvgIpc) is 4.07. The highest BCUT2D eigenvalue weighted by atomic mass is 35.5. The molecule has 0 saturated heterocycles. The maximum atomic E-state index is 14.4. The minimum atomic E-state index is -1.36. The highest BCUT2D eigenvalue weighted by molar-refractivity contribution is 6.35. The first-order chi connectivity index (χ1) is 27.5. The Morgan fingerprint density at radius 2 is 1.55 bits per heavy atom. The van der Waals surface area contributed by atoms with Crippen molar-refractivity contribution in [1.29, 1.82) is 5.26 Å². The molecular weight excluding hydrogens is 785 g/mol. The lowest BCUT2D eigenvalue weighted by Gasteiger charge is -2.27. The van der Waals surface area contributed by atoms with Gasteiger partial charge in [-0.1, -0.05) is 35.3 Å². The van der Waals surface area contributed by atoms with Crippen LogP contribution < -0.4 is 26.2 Å². The van der Waals surface area contributed by atoms with Gasteiger partial charge in [-0.25, -0.2) is 14.7 Å². The summed E-state index contributed by atoms with van der Waals surface area (Å²) in [4.78, 5) is 77.5. The predicted octanol–water partition coefficient (Wildman–Crippen LogP) is 5.42. The summed E-state index contributed by atoms with van der Waals surface area (Å²) in [5, 5.41) is 21.3. The molecule has 0 radical (unpaired) electrons. The smallest absolute Gasteiger partial charge is 0.407 e. The average molecular weight is 827 g/mol. The van der Waals surface area contributed by atoms with Crippen molar-refractivity contribution in [3.63, 3.8) is 0 Å². The minimum Gasteiger partial charge on any atom is -0.444 e. The van der Waals surface area contributed by atoms with Gasteiger partial charge < -0.3 is 26.0 Å². The predicted molar refractivity (Wildman–Crippen MR) is 214 cm³/mol. The van der Waals surface area contributed by atoms with Crippen molar-refractivity contribution in [3.8, 4) is 6.07 Å². The molecule has 0 bridgehead atoms. The Morgan fingerprint density at radius 3 is 2.14 bits per heavy atom. The van der Waals surface area contributed by atoms with Crippen LogP contribution in [-0.2, 0) is 31.8 Å². The van der Waals surface area contributed by atoms with Crippen LogP contribution in [-0.4, -0.2) is 68.5 Å². The van der Waals surface area contributed by atoms with Crippen LogP contribution in [0.15, 0.2) is 67.0 Å². The summed E-state index contributed by atoms with van der Waals surface area (Å²) < 4.78 is 6.77. The fourth-order valence-electron chi connectivity index (χ4n) is 7.01. The van der Waals surface area contributed by atoms with Crippen molar-refractivity contribution in [2.24, 2.45) is 0 Å². The number of halogens is 2. The van der Waals surface area contributed by atoms with Crippen molar-refractivity contribution in [1.82, 2.24) is 35.8 Å². The Balaban J connectivity index is 1.05. The normalized spacial score (nSPS) is 18.4. The van der Waals surface area contributed by atoms with Gasteiger partial charge in [-0.15, -0.1) is 0 Å². The number of alkyl carbamates (subject to hydrolysis) is 1. The molecule has 3 aliphatic rings. The van der Waals surface area contributed by atoms with Gasteiger partial charge >= 0.3 is 6.09 Å². The molecule has 58 heavy (non-hydrogen) atoms. The largest absolute Gasteiger partial charge is 0.444 e. The van der Waals surface area contributed by atoms with Gasteiger partial charge in [-0.2, -0.15) is 5.26 Å². The summed E-state index contributed by atoms with van der Waals surface area (Å²) >= 11 is 12.7. The number of hydrogen-bond acceptors (Lipinski definition) is 9. The van der Waals surface area contributed by atoms with E-state index in [0.29, 0.717) is 58.2 Å². The van der Waals surface area contributed by atoms with Crippen LogP contribution in [0.25, 0.3) is 0 Å². The number of imidazole rings is 1. The van der Waals surface area contributed by atoms with Crippen LogP contribution in [0, 0.1) is 11.3 Å². The molecule has 3 heterocycles. The maximum Gasteiger partial charge on any atom is 0.407 e. The molecule has 1 aliphatic heterocycles. The van der Waals surface area contributed by atoms with E-state index in [2.05, 4.69) is 37.3 Å². The lowest BCUT2D eigenvalue weighted by molar-refractivity contribution is -0.125. The second-order valence-corrected chi connectivity index (χ2v) is 16.9. The van der Waals surface area contributed by atoms with Gasteiger partial charge in [-0.05, 0) is 101 Å². The van der Waals surface area contributed by atoms with E-state index in [1.54, 1.807) is 86.9 Å². The van der Waals surface area contributed by atoms with E-state index in [9.17, 15) is 29.2 Å². The molecule has 2 fully saturated rings. The van der Waals surface area contributed by atoms with Gasteiger partial charge in [0.05, 0.1) is 40.3 Å². The first kappa shape index (κ1) is 40.2. The molecule has 2 aliphatic carbocycles. The number of nitrogens with one attached hydrogen (secondary N) is 4. The van der Waals surface area contributed by atoms with Gasteiger partial charge in [0, 0.05) is 35.8 Å². The van der Waals surface area contributed by atoms with Crippen LogP contribution in [0.4, 0.5) is 16.4 Å². The highest BCUT2D eigenvalue weighted by Crippen LogP contribution is 2.47. The van der Waals surface area contributed by atoms with Gasteiger partial charge in [0.2, 0.25) is 11.9 Å². The van der Waals surface area contributed by atoms with Gasteiger partial charge in [0.1, 0.15) is 22.4 Å². The Labute approximate surface area is 344 Å². The Morgan fingerprint density at radius 1 is 0.879 bits per heavy atom. The monoisotopic (exact) mass is 825 g/mol. The van der Waals surface area contributed by atoms with E-state index >= 15 is 0 Å². The van der Waals surface area contributed by atoms with Gasteiger partial charge in [0.25, 0.3) is 17.7 Å². The third-order valence-corrected chi connectivity index (χ3v) is 10.7. The molecule has 4 aromatic rings. The SMILES string of the molecule is CC(C)(C)OC(=O)NCCNC(=O)c1ccc(C2(NC(=O)C3(NC(=O)c4cnc5n4[C@](C)(Cc4ccc(C#N)cc4)C(=O)N5c4cc(Cl)cc(Cl)c4)CC3)CC2)nc1. The summed E-state index contributed by atoms with van der Waals surface area (Å²) in [6.07, 6.45) is 4.41. The number of carbonyl (C=O) groups is 5. The minimum absolute atomic E-state index is 0.0754. The number of benzene rings is 2. The standard InChI is InChI=1S/C41H41Cl2N9O6/c1-38(2,3)58-37(57)46-16-15-45-32(53)26-9-10-31(47-22-26)40(11-12-40)50-34(55)41(13-14-41)49-33(54)30-23-48-36-51(29-18-27(42)17-28(43)19-29)35(56)39(4,52(30)36)20-24-5-7-25(21-44)8-6-24/h5-10,17-19,22-23H,11-16,20H2,1-4H3,(H,45,53)(H,46,57)(H,49,54)(H,50,55)/t39-/m1/s1. The molecule has 17 heteroatoms. The third-order valence-electron chi connectivity index (χ3n) is 10.3. The summed E-state index contributed by atoms with van der Waals surface area (Å²) in [6, 6.07) is 17.0. The van der Waals surface area contributed by atoms with Gasteiger partial charge in [0.15, 0.2) is 0 Å². The van der Waals surface area contributed by atoms with Crippen molar-refractivity contribution in [3.05, 3.63) is 105 Å². The molecule has 300 valence electrons. The van der Waals surface area contributed by atoms with Crippen molar-refractivity contribution >= 4 is 64.6 Å². The molecule has 0 unspecified atom stereocenters.